The van der Waals surface area contributed by atoms with E-state index in [4.69, 9.17) is 5.11 Å². The maximum atomic E-state index is 12.4. The molecule has 0 aliphatic heterocycles. The molecule has 7 nitrogen and oxygen atoms in total. The quantitative estimate of drug-likeness (QED) is 0.751. The summed E-state index contributed by atoms with van der Waals surface area (Å²) in [5, 5.41) is 13.5. The second-order valence-electron chi connectivity index (χ2n) is 4.49. The van der Waals surface area contributed by atoms with Crippen molar-refractivity contribution in [3.8, 4) is 0 Å². The van der Waals surface area contributed by atoms with Crippen molar-refractivity contribution in [2.24, 2.45) is 0 Å². The van der Waals surface area contributed by atoms with E-state index >= 15 is 0 Å². The molecule has 0 aliphatic rings. The van der Waals surface area contributed by atoms with Crippen molar-refractivity contribution in [2.75, 3.05) is 11.9 Å². The first-order chi connectivity index (χ1) is 10.7. The van der Waals surface area contributed by atoms with Crippen molar-refractivity contribution in [1.82, 2.24) is 14.5 Å². The highest BCUT2D eigenvalue weighted by Gasteiger charge is 2.17. The number of aliphatic hydroxyl groups excluding tert-OH is 1. The molecule has 0 saturated heterocycles. The minimum Gasteiger partial charge on any atom is -0.395 e. The Labute approximate surface area is 128 Å². The first kappa shape index (κ1) is 14.4. The molecule has 3 rings (SSSR count). The van der Waals surface area contributed by atoms with Crippen LogP contribution in [0.5, 0.6) is 0 Å². The predicted molar refractivity (Wildman–Crippen MR) is 83.2 cm³/mol. The van der Waals surface area contributed by atoms with Crippen molar-refractivity contribution in [2.45, 2.75) is 6.54 Å². The van der Waals surface area contributed by atoms with Crippen LogP contribution in [0.2, 0.25) is 0 Å². The van der Waals surface area contributed by atoms with Gasteiger partial charge in [0.2, 0.25) is 0 Å². The predicted octanol–water partition coefficient (Wildman–Crippen LogP) is 1.10. The number of hydrogen-bond acceptors (Lipinski definition) is 6. The smallest absolute Gasteiger partial charge is 0.262 e. The standard InChI is InChI=1S/C14H12N4O3S/c19-5-4-18-8-16-13-11(14(18)21)10(7-22-13)12(20)17-9-2-1-3-15-6-9/h1-3,6-8,19H,4-5H2,(H,17,20). The first-order valence-electron chi connectivity index (χ1n) is 6.49. The third kappa shape index (κ3) is 2.61. The fraction of sp³-hybridized carbons (Fsp3) is 0.143. The molecule has 0 bridgehead atoms. The highest BCUT2D eigenvalue weighted by atomic mass is 32.1. The molecule has 112 valence electrons. The summed E-state index contributed by atoms with van der Waals surface area (Å²) in [4.78, 5) is 33.3. The summed E-state index contributed by atoms with van der Waals surface area (Å²) < 4.78 is 1.29. The van der Waals surface area contributed by atoms with Gasteiger partial charge in [-0.15, -0.1) is 11.3 Å². The number of nitrogens with zero attached hydrogens (tertiary/aromatic N) is 3. The number of pyridine rings is 1. The van der Waals surface area contributed by atoms with E-state index in [0.29, 0.717) is 10.5 Å². The molecule has 0 unspecified atom stereocenters. The van der Waals surface area contributed by atoms with Gasteiger partial charge in [0.15, 0.2) is 0 Å². The minimum absolute atomic E-state index is 0.140. The van der Waals surface area contributed by atoms with Crippen molar-refractivity contribution in [1.29, 1.82) is 0 Å². The summed E-state index contributed by atoms with van der Waals surface area (Å²) in [6.07, 6.45) is 4.50. The number of nitrogens with one attached hydrogen (secondary N) is 1. The van der Waals surface area contributed by atoms with Crippen molar-refractivity contribution in [3.05, 3.63) is 52.2 Å². The van der Waals surface area contributed by atoms with Gasteiger partial charge in [-0.25, -0.2) is 4.98 Å². The highest BCUT2D eigenvalue weighted by Crippen LogP contribution is 2.21. The number of carbonyl (C=O) groups is 1. The van der Waals surface area contributed by atoms with E-state index in [2.05, 4.69) is 15.3 Å². The lowest BCUT2D eigenvalue weighted by atomic mass is 10.2. The van der Waals surface area contributed by atoms with E-state index in [-0.39, 0.29) is 35.6 Å². The molecule has 0 spiro atoms. The Morgan fingerprint density at radius 1 is 1.45 bits per heavy atom. The van der Waals surface area contributed by atoms with Crippen LogP contribution >= 0.6 is 11.3 Å². The van der Waals surface area contributed by atoms with E-state index in [1.807, 2.05) is 0 Å². The fourth-order valence-corrected chi connectivity index (χ4v) is 2.91. The number of aliphatic hydroxyl groups is 1. The molecule has 0 aliphatic carbocycles. The average molecular weight is 316 g/mol. The Bertz CT molecular complexity index is 873. The van der Waals surface area contributed by atoms with Gasteiger partial charge < -0.3 is 10.4 Å². The van der Waals surface area contributed by atoms with Gasteiger partial charge in [-0.3, -0.25) is 19.1 Å². The number of anilines is 1. The summed E-state index contributed by atoms with van der Waals surface area (Å²) in [7, 11) is 0. The van der Waals surface area contributed by atoms with Crippen LogP contribution in [0, 0.1) is 0 Å². The number of amides is 1. The van der Waals surface area contributed by atoms with Crippen LogP contribution in [-0.4, -0.2) is 32.2 Å². The molecule has 1 amide bonds. The Hall–Kier alpha value is -2.58. The van der Waals surface area contributed by atoms with E-state index in [9.17, 15) is 9.59 Å². The molecule has 3 aromatic rings. The molecule has 22 heavy (non-hydrogen) atoms. The monoisotopic (exact) mass is 316 g/mol. The van der Waals surface area contributed by atoms with Gasteiger partial charge in [0.05, 0.1) is 42.3 Å². The lowest BCUT2D eigenvalue weighted by molar-refractivity contribution is 0.102. The molecule has 0 aromatic carbocycles. The molecule has 0 radical (unpaired) electrons. The van der Waals surface area contributed by atoms with E-state index in [0.717, 1.165) is 0 Å². The number of carbonyl (C=O) groups excluding carboxylic acids is 1. The molecule has 0 saturated carbocycles. The molecule has 3 heterocycles. The lowest BCUT2D eigenvalue weighted by Crippen LogP contribution is -2.23. The normalized spacial score (nSPS) is 10.8. The largest absolute Gasteiger partial charge is 0.395 e. The van der Waals surface area contributed by atoms with Crippen molar-refractivity contribution in [3.63, 3.8) is 0 Å². The number of fused-ring (bicyclic) bond motifs is 1. The Morgan fingerprint density at radius 2 is 2.32 bits per heavy atom. The fourth-order valence-electron chi connectivity index (χ4n) is 2.04. The lowest BCUT2D eigenvalue weighted by Gasteiger charge is -2.05. The van der Waals surface area contributed by atoms with E-state index < -0.39 is 0 Å². The maximum Gasteiger partial charge on any atom is 0.262 e. The van der Waals surface area contributed by atoms with Gasteiger partial charge in [-0.2, -0.15) is 0 Å². The molecule has 0 atom stereocenters. The average Bonchev–Trinajstić information content (AvgIpc) is 2.96. The topological polar surface area (TPSA) is 97.1 Å². The highest BCUT2D eigenvalue weighted by molar-refractivity contribution is 7.17. The van der Waals surface area contributed by atoms with Crippen LogP contribution in [0.3, 0.4) is 0 Å². The summed E-state index contributed by atoms with van der Waals surface area (Å²) in [6.45, 7) is -0.0320. The van der Waals surface area contributed by atoms with Gasteiger partial charge in [0.25, 0.3) is 11.5 Å². The van der Waals surface area contributed by atoms with E-state index in [1.165, 1.54) is 28.4 Å². The third-order valence-electron chi connectivity index (χ3n) is 3.07. The van der Waals surface area contributed by atoms with E-state index in [1.54, 1.807) is 23.7 Å². The van der Waals surface area contributed by atoms with Crippen LogP contribution in [-0.2, 0) is 6.54 Å². The van der Waals surface area contributed by atoms with Crippen LogP contribution in [0.25, 0.3) is 10.2 Å². The summed E-state index contributed by atoms with van der Waals surface area (Å²) in [5.41, 5.74) is 0.483. The zero-order chi connectivity index (χ0) is 15.5. The second kappa shape index (κ2) is 6.04. The van der Waals surface area contributed by atoms with Gasteiger partial charge in [0, 0.05) is 11.6 Å². The molecular weight excluding hydrogens is 304 g/mol. The second-order valence-corrected chi connectivity index (χ2v) is 5.35. The van der Waals surface area contributed by atoms with Crippen LogP contribution < -0.4 is 10.9 Å². The zero-order valence-corrected chi connectivity index (χ0v) is 12.2. The summed E-state index contributed by atoms with van der Waals surface area (Å²) in [6, 6.07) is 3.42. The van der Waals surface area contributed by atoms with Gasteiger partial charge in [-0.05, 0) is 12.1 Å². The zero-order valence-electron chi connectivity index (χ0n) is 11.4. The Balaban J connectivity index is 2.02. The van der Waals surface area contributed by atoms with Gasteiger partial charge in [0.1, 0.15) is 4.83 Å². The van der Waals surface area contributed by atoms with Gasteiger partial charge >= 0.3 is 0 Å². The third-order valence-corrected chi connectivity index (χ3v) is 3.95. The number of rotatable bonds is 4. The van der Waals surface area contributed by atoms with Crippen LogP contribution in [0.4, 0.5) is 5.69 Å². The number of hydrogen-bond donors (Lipinski definition) is 2. The summed E-state index contributed by atoms with van der Waals surface area (Å²) in [5.74, 6) is -0.389. The maximum absolute atomic E-state index is 12.4. The van der Waals surface area contributed by atoms with Crippen LogP contribution in [0.15, 0.2) is 41.0 Å². The SMILES string of the molecule is O=C(Nc1cccnc1)c1csc2ncn(CCO)c(=O)c12. The Morgan fingerprint density at radius 3 is 3.05 bits per heavy atom. The molecular formula is C14H12N4O3S. The number of aromatic nitrogens is 3. The van der Waals surface area contributed by atoms with Crippen molar-refractivity contribution < 1.29 is 9.90 Å². The molecule has 3 aromatic heterocycles. The minimum atomic E-state index is -0.389. The van der Waals surface area contributed by atoms with Gasteiger partial charge in [-0.1, -0.05) is 0 Å². The molecule has 0 fully saturated rings. The van der Waals surface area contributed by atoms with Crippen molar-refractivity contribution >= 4 is 33.1 Å². The summed E-state index contributed by atoms with van der Waals surface area (Å²) >= 11 is 1.23. The molecule has 8 heteroatoms. The molecule has 2 N–H and O–H groups in total. The van der Waals surface area contributed by atoms with Crippen LogP contribution in [0.1, 0.15) is 10.4 Å². The first-order valence-corrected chi connectivity index (χ1v) is 7.37. The Kier molecular flexibility index (Phi) is 3.94. The number of thiophene rings is 1.